The van der Waals surface area contributed by atoms with Gasteiger partial charge in [0, 0.05) is 19.3 Å². The van der Waals surface area contributed by atoms with Crippen molar-refractivity contribution in [3.63, 3.8) is 0 Å². The van der Waals surface area contributed by atoms with E-state index in [-0.39, 0.29) is 16.6 Å². The molecule has 0 saturated carbocycles. The molecule has 1 aliphatic rings. The van der Waals surface area contributed by atoms with Crippen molar-refractivity contribution >= 4 is 11.6 Å². The molecule has 96 valence electrons. The first-order valence-corrected chi connectivity index (χ1v) is 6.46. The van der Waals surface area contributed by atoms with E-state index in [9.17, 15) is 9.59 Å². The van der Waals surface area contributed by atoms with Crippen LogP contribution < -0.4 is 0 Å². The first-order chi connectivity index (χ1) is 7.73. The van der Waals surface area contributed by atoms with E-state index in [4.69, 9.17) is 0 Å². The van der Waals surface area contributed by atoms with Crippen LogP contribution in [-0.2, 0) is 9.59 Å². The minimum atomic E-state index is -0.0586. The van der Waals surface area contributed by atoms with E-state index in [1.165, 1.54) is 0 Å². The Balaban J connectivity index is 2.94. The topological polar surface area (TPSA) is 34.1 Å². The van der Waals surface area contributed by atoms with E-state index in [0.717, 1.165) is 12.0 Å². The summed E-state index contributed by atoms with van der Waals surface area (Å²) in [6.45, 7) is 10.4. The number of rotatable bonds is 4. The molecule has 1 aliphatic carbocycles. The summed E-state index contributed by atoms with van der Waals surface area (Å²) in [5.41, 5.74) is 1.03. The smallest absolute Gasteiger partial charge is 0.156 e. The zero-order valence-electron chi connectivity index (χ0n) is 11.7. The van der Waals surface area contributed by atoms with Gasteiger partial charge in [-0.3, -0.25) is 9.59 Å². The van der Waals surface area contributed by atoms with Gasteiger partial charge in [-0.25, -0.2) is 0 Å². The number of Topliss-reactive ketones (excluding diaryl/α,β-unsaturated/α-hetero) is 1. The van der Waals surface area contributed by atoms with Crippen LogP contribution in [0.3, 0.4) is 0 Å². The Morgan fingerprint density at radius 3 is 2.41 bits per heavy atom. The second-order valence-electron chi connectivity index (χ2n) is 6.08. The summed E-state index contributed by atoms with van der Waals surface area (Å²) in [5, 5.41) is 0. The van der Waals surface area contributed by atoms with Crippen LogP contribution in [-0.4, -0.2) is 11.6 Å². The minimum absolute atomic E-state index is 0.0360. The maximum atomic E-state index is 11.6. The lowest BCUT2D eigenvalue weighted by Gasteiger charge is -2.47. The molecule has 0 aromatic rings. The molecule has 0 amide bonds. The highest BCUT2D eigenvalue weighted by Crippen LogP contribution is 2.52. The number of carbonyl (C=O) groups excluding carboxylic acids is 2. The molecule has 0 radical (unpaired) electrons. The third kappa shape index (κ3) is 2.67. The third-order valence-electron chi connectivity index (χ3n) is 4.66. The zero-order chi connectivity index (χ0) is 13.3. The van der Waals surface area contributed by atoms with Gasteiger partial charge in [0.1, 0.15) is 5.78 Å². The van der Waals surface area contributed by atoms with Crippen LogP contribution in [0.5, 0.6) is 0 Å². The highest BCUT2D eigenvalue weighted by atomic mass is 16.1. The fourth-order valence-corrected chi connectivity index (χ4v) is 2.72. The molecule has 1 rings (SSSR count). The molecule has 1 unspecified atom stereocenters. The Bertz CT molecular complexity index is 363. The SMILES string of the molecule is CCC(=O)CCC1(C)C(C)=CC(=O)CC1(C)C. The highest BCUT2D eigenvalue weighted by molar-refractivity contribution is 5.92. The fourth-order valence-electron chi connectivity index (χ4n) is 2.72. The van der Waals surface area contributed by atoms with E-state index in [1.54, 1.807) is 6.08 Å². The van der Waals surface area contributed by atoms with Gasteiger partial charge in [0.2, 0.25) is 0 Å². The zero-order valence-corrected chi connectivity index (χ0v) is 11.7. The molecule has 17 heavy (non-hydrogen) atoms. The fraction of sp³-hybridized carbons (Fsp3) is 0.733. The molecule has 0 N–H and O–H groups in total. The molecule has 0 heterocycles. The second-order valence-corrected chi connectivity index (χ2v) is 6.08. The first kappa shape index (κ1) is 14.1. The summed E-state index contributed by atoms with van der Waals surface area (Å²) in [4.78, 5) is 23.1. The van der Waals surface area contributed by atoms with Crippen LogP contribution in [0, 0.1) is 10.8 Å². The average molecular weight is 236 g/mol. The molecular formula is C15H24O2. The van der Waals surface area contributed by atoms with E-state index in [2.05, 4.69) is 20.8 Å². The van der Waals surface area contributed by atoms with E-state index >= 15 is 0 Å². The normalized spacial score (nSPS) is 27.8. The number of carbonyl (C=O) groups is 2. The monoisotopic (exact) mass is 236 g/mol. The molecule has 0 fully saturated rings. The van der Waals surface area contributed by atoms with E-state index in [0.29, 0.717) is 25.0 Å². The van der Waals surface area contributed by atoms with Crippen molar-refractivity contribution in [2.75, 3.05) is 0 Å². The van der Waals surface area contributed by atoms with Gasteiger partial charge in [-0.1, -0.05) is 33.3 Å². The van der Waals surface area contributed by atoms with Gasteiger partial charge >= 0.3 is 0 Å². The molecular weight excluding hydrogens is 212 g/mol. The van der Waals surface area contributed by atoms with Gasteiger partial charge in [0.15, 0.2) is 5.78 Å². The third-order valence-corrected chi connectivity index (χ3v) is 4.66. The Morgan fingerprint density at radius 1 is 1.35 bits per heavy atom. The summed E-state index contributed by atoms with van der Waals surface area (Å²) in [7, 11) is 0. The number of hydrogen-bond acceptors (Lipinski definition) is 2. The molecule has 1 atom stereocenters. The Labute approximate surface area is 104 Å². The maximum Gasteiger partial charge on any atom is 0.156 e. The number of allylic oxidation sites excluding steroid dienone is 2. The summed E-state index contributed by atoms with van der Waals surface area (Å²) in [6, 6.07) is 0. The second kappa shape index (κ2) is 4.75. The predicted molar refractivity (Wildman–Crippen MR) is 69.8 cm³/mol. The Kier molecular flexibility index (Phi) is 3.95. The lowest BCUT2D eigenvalue weighted by Crippen LogP contribution is -2.41. The number of hydrogen-bond donors (Lipinski definition) is 0. The Morgan fingerprint density at radius 2 is 1.94 bits per heavy atom. The highest BCUT2D eigenvalue weighted by Gasteiger charge is 2.45. The Hall–Kier alpha value is -0.920. The van der Waals surface area contributed by atoms with Gasteiger partial charge in [0.05, 0.1) is 0 Å². The van der Waals surface area contributed by atoms with Crippen LogP contribution in [0.15, 0.2) is 11.6 Å². The largest absolute Gasteiger partial charge is 0.300 e. The van der Waals surface area contributed by atoms with E-state index < -0.39 is 0 Å². The van der Waals surface area contributed by atoms with Crippen molar-refractivity contribution < 1.29 is 9.59 Å². The molecule has 2 nitrogen and oxygen atoms in total. The van der Waals surface area contributed by atoms with Gasteiger partial charge in [0.25, 0.3) is 0 Å². The van der Waals surface area contributed by atoms with Crippen molar-refractivity contribution in [2.45, 2.75) is 60.3 Å². The first-order valence-electron chi connectivity index (χ1n) is 6.46. The summed E-state index contributed by atoms with van der Waals surface area (Å²) in [5.74, 6) is 0.526. The van der Waals surface area contributed by atoms with Crippen molar-refractivity contribution in [1.29, 1.82) is 0 Å². The molecule has 0 saturated heterocycles. The van der Waals surface area contributed by atoms with Crippen LogP contribution in [0.25, 0.3) is 0 Å². The molecule has 0 aliphatic heterocycles. The van der Waals surface area contributed by atoms with Crippen molar-refractivity contribution in [3.8, 4) is 0 Å². The maximum absolute atomic E-state index is 11.6. The van der Waals surface area contributed by atoms with Crippen LogP contribution >= 0.6 is 0 Å². The lowest BCUT2D eigenvalue weighted by molar-refractivity contribution is -0.120. The minimum Gasteiger partial charge on any atom is -0.300 e. The number of ketones is 2. The van der Waals surface area contributed by atoms with Gasteiger partial charge in [-0.05, 0) is 30.3 Å². The van der Waals surface area contributed by atoms with Crippen molar-refractivity contribution in [2.24, 2.45) is 10.8 Å². The van der Waals surface area contributed by atoms with Gasteiger partial charge < -0.3 is 0 Å². The van der Waals surface area contributed by atoms with Crippen LogP contribution in [0.1, 0.15) is 60.3 Å². The molecule has 0 spiro atoms. The summed E-state index contributed by atoms with van der Waals surface area (Å²) < 4.78 is 0. The standard InChI is InChI=1S/C15H24O2/c1-6-12(16)7-8-15(5)11(2)9-13(17)10-14(15,3)4/h9H,6-8,10H2,1-5H3. The molecule has 0 aromatic heterocycles. The van der Waals surface area contributed by atoms with Crippen LogP contribution in [0.4, 0.5) is 0 Å². The van der Waals surface area contributed by atoms with Gasteiger partial charge in [-0.2, -0.15) is 0 Å². The molecule has 0 bridgehead atoms. The van der Waals surface area contributed by atoms with E-state index in [1.807, 2.05) is 13.8 Å². The summed E-state index contributed by atoms with van der Waals surface area (Å²) >= 11 is 0. The van der Waals surface area contributed by atoms with Crippen molar-refractivity contribution in [3.05, 3.63) is 11.6 Å². The molecule has 2 heteroatoms. The van der Waals surface area contributed by atoms with Crippen molar-refractivity contribution in [1.82, 2.24) is 0 Å². The molecule has 0 aromatic carbocycles. The quantitative estimate of drug-likeness (QED) is 0.746. The average Bonchev–Trinajstić information content (AvgIpc) is 2.22. The van der Waals surface area contributed by atoms with Crippen LogP contribution in [0.2, 0.25) is 0 Å². The predicted octanol–water partition coefficient (Wildman–Crippen LogP) is 3.70. The van der Waals surface area contributed by atoms with Gasteiger partial charge in [-0.15, -0.1) is 0 Å². The summed E-state index contributed by atoms with van der Waals surface area (Å²) in [6.07, 6.45) is 4.43. The lowest BCUT2D eigenvalue weighted by atomic mass is 9.56.